The summed E-state index contributed by atoms with van der Waals surface area (Å²) in [4.78, 5) is 0. The van der Waals surface area contributed by atoms with Crippen molar-refractivity contribution in [2.45, 2.75) is 25.7 Å². The normalized spacial score (nSPS) is 15.6. The lowest BCUT2D eigenvalue weighted by molar-refractivity contribution is 0.279. The quantitative estimate of drug-likeness (QED) is 0.902. The summed E-state index contributed by atoms with van der Waals surface area (Å²) in [6.07, 6.45) is 4.58. The standard InChI is InChI=1S/C14H15FN2O/c15-11-6-2-5-10(8-11)13-12(18-17-14(13)16)7-9-3-1-4-9/h2,5-6,8-9H,1,3-4,7H2,(H2,16,17). The van der Waals surface area contributed by atoms with Crippen LogP contribution in [0.1, 0.15) is 25.0 Å². The molecule has 0 bridgehead atoms. The van der Waals surface area contributed by atoms with Gasteiger partial charge < -0.3 is 10.3 Å². The molecule has 0 saturated heterocycles. The van der Waals surface area contributed by atoms with Gasteiger partial charge in [-0.15, -0.1) is 0 Å². The van der Waals surface area contributed by atoms with Crippen LogP contribution in [0.4, 0.5) is 10.2 Å². The highest BCUT2D eigenvalue weighted by Crippen LogP contribution is 2.36. The van der Waals surface area contributed by atoms with Crippen LogP contribution in [0.25, 0.3) is 11.1 Å². The van der Waals surface area contributed by atoms with Crippen LogP contribution in [0.5, 0.6) is 0 Å². The Balaban J connectivity index is 1.96. The van der Waals surface area contributed by atoms with Gasteiger partial charge in [0.1, 0.15) is 11.6 Å². The molecule has 2 aromatic rings. The number of rotatable bonds is 3. The minimum absolute atomic E-state index is 0.275. The van der Waals surface area contributed by atoms with Crippen molar-refractivity contribution >= 4 is 5.82 Å². The second-order valence-corrected chi connectivity index (χ2v) is 4.88. The Morgan fingerprint density at radius 1 is 1.39 bits per heavy atom. The van der Waals surface area contributed by atoms with Gasteiger partial charge in [-0.05, 0) is 23.6 Å². The molecule has 0 radical (unpaired) electrons. The van der Waals surface area contributed by atoms with Gasteiger partial charge in [-0.25, -0.2) is 4.39 Å². The first kappa shape index (κ1) is 11.3. The first-order chi connectivity index (χ1) is 8.74. The molecule has 3 rings (SSSR count). The number of halogens is 1. The molecule has 2 N–H and O–H groups in total. The van der Waals surface area contributed by atoms with Gasteiger partial charge in [0.25, 0.3) is 0 Å². The van der Waals surface area contributed by atoms with Crippen LogP contribution >= 0.6 is 0 Å². The third-order valence-corrected chi connectivity index (χ3v) is 3.60. The average Bonchev–Trinajstić information content (AvgIpc) is 2.65. The Morgan fingerprint density at radius 2 is 2.22 bits per heavy atom. The number of nitrogen functional groups attached to an aromatic ring is 1. The van der Waals surface area contributed by atoms with E-state index in [2.05, 4.69) is 5.16 Å². The summed E-state index contributed by atoms with van der Waals surface area (Å²) in [5.41, 5.74) is 7.32. The van der Waals surface area contributed by atoms with E-state index in [0.717, 1.165) is 23.3 Å². The van der Waals surface area contributed by atoms with Gasteiger partial charge in [0.05, 0.1) is 5.56 Å². The summed E-state index contributed by atoms with van der Waals surface area (Å²) >= 11 is 0. The summed E-state index contributed by atoms with van der Waals surface area (Å²) in [7, 11) is 0. The number of aromatic nitrogens is 1. The highest BCUT2D eigenvalue weighted by atomic mass is 19.1. The molecule has 1 aliphatic carbocycles. The van der Waals surface area contributed by atoms with Crippen molar-refractivity contribution in [3.05, 3.63) is 35.8 Å². The second kappa shape index (κ2) is 4.44. The van der Waals surface area contributed by atoms with Crippen LogP contribution in [0, 0.1) is 11.7 Å². The van der Waals surface area contributed by atoms with Crippen molar-refractivity contribution in [1.29, 1.82) is 0 Å². The van der Waals surface area contributed by atoms with E-state index in [4.69, 9.17) is 10.3 Å². The molecule has 3 nitrogen and oxygen atoms in total. The highest BCUT2D eigenvalue weighted by Gasteiger charge is 2.24. The predicted octanol–water partition coefficient (Wildman–Crippen LogP) is 3.41. The second-order valence-electron chi connectivity index (χ2n) is 4.88. The maximum Gasteiger partial charge on any atom is 0.175 e. The summed E-state index contributed by atoms with van der Waals surface area (Å²) in [5.74, 6) is 1.50. The van der Waals surface area contributed by atoms with Crippen molar-refractivity contribution in [1.82, 2.24) is 5.16 Å². The summed E-state index contributed by atoms with van der Waals surface area (Å²) in [5, 5.41) is 3.81. The largest absolute Gasteiger partial charge is 0.380 e. The first-order valence-electron chi connectivity index (χ1n) is 6.24. The van der Waals surface area contributed by atoms with Crippen molar-refractivity contribution in [2.75, 3.05) is 5.73 Å². The molecule has 1 heterocycles. The number of nitrogens with zero attached hydrogens (tertiary/aromatic N) is 1. The van der Waals surface area contributed by atoms with Gasteiger partial charge >= 0.3 is 0 Å². The lowest BCUT2D eigenvalue weighted by Gasteiger charge is -2.24. The highest BCUT2D eigenvalue weighted by molar-refractivity contribution is 5.75. The Bertz CT molecular complexity index is 561. The van der Waals surface area contributed by atoms with Crippen molar-refractivity contribution in [3.63, 3.8) is 0 Å². The molecule has 1 aliphatic rings. The summed E-state index contributed by atoms with van der Waals surface area (Å²) in [6, 6.07) is 6.38. The fourth-order valence-electron chi connectivity index (χ4n) is 2.39. The summed E-state index contributed by atoms with van der Waals surface area (Å²) < 4.78 is 18.6. The molecule has 0 aliphatic heterocycles. The van der Waals surface area contributed by atoms with Gasteiger partial charge in [-0.2, -0.15) is 0 Å². The zero-order chi connectivity index (χ0) is 12.5. The Morgan fingerprint density at radius 3 is 2.89 bits per heavy atom. The van der Waals surface area contributed by atoms with Gasteiger partial charge in [0.15, 0.2) is 5.82 Å². The molecule has 18 heavy (non-hydrogen) atoms. The zero-order valence-electron chi connectivity index (χ0n) is 10.0. The van der Waals surface area contributed by atoms with Gasteiger partial charge in [-0.1, -0.05) is 36.6 Å². The third-order valence-electron chi connectivity index (χ3n) is 3.60. The smallest absolute Gasteiger partial charge is 0.175 e. The van der Waals surface area contributed by atoms with E-state index in [0.29, 0.717) is 11.7 Å². The van der Waals surface area contributed by atoms with E-state index < -0.39 is 0 Å². The van der Waals surface area contributed by atoms with Crippen LogP contribution in [-0.4, -0.2) is 5.16 Å². The maximum absolute atomic E-state index is 13.3. The topological polar surface area (TPSA) is 52.0 Å². The SMILES string of the molecule is Nc1noc(CC2CCC2)c1-c1cccc(F)c1. The van der Waals surface area contributed by atoms with Gasteiger partial charge in [0, 0.05) is 6.42 Å². The summed E-state index contributed by atoms with van der Waals surface area (Å²) in [6.45, 7) is 0. The molecule has 1 saturated carbocycles. The Labute approximate surface area is 105 Å². The van der Waals surface area contributed by atoms with E-state index in [1.807, 2.05) is 6.07 Å². The Hall–Kier alpha value is -1.84. The van der Waals surface area contributed by atoms with Gasteiger partial charge in [-0.3, -0.25) is 0 Å². The van der Waals surface area contributed by atoms with E-state index in [1.54, 1.807) is 6.07 Å². The number of hydrogen-bond donors (Lipinski definition) is 1. The molecule has 94 valence electrons. The minimum Gasteiger partial charge on any atom is -0.380 e. The lowest BCUT2D eigenvalue weighted by Crippen LogP contribution is -2.13. The van der Waals surface area contributed by atoms with Crippen LogP contribution in [0.2, 0.25) is 0 Å². The maximum atomic E-state index is 13.3. The first-order valence-corrected chi connectivity index (χ1v) is 6.24. The van der Waals surface area contributed by atoms with E-state index >= 15 is 0 Å². The number of nitrogens with two attached hydrogens (primary N) is 1. The van der Waals surface area contributed by atoms with Crippen molar-refractivity contribution in [2.24, 2.45) is 5.92 Å². The molecule has 0 amide bonds. The fourth-order valence-corrected chi connectivity index (χ4v) is 2.39. The number of hydrogen-bond acceptors (Lipinski definition) is 3. The van der Waals surface area contributed by atoms with Crippen LogP contribution in [0.15, 0.2) is 28.8 Å². The zero-order valence-corrected chi connectivity index (χ0v) is 10.0. The number of anilines is 1. The minimum atomic E-state index is -0.275. The predicted molar refractivity (Wildman–Crippen MR) is 67.4 cm³/mol. The Kier molecular flexibility index (Phi) is 2.78. The monoisotopic (exact) mass is 246 g/mol. The molecule has 0 unspecified atom stereocenters. The molecule has 0 spiro atoms. The number of benzene rings is 1. The van der Waals surface area contributed by atoms with Crippen LogP contribution in [0.3, 0.4) is 0 Å². The third kappa shape index (κ3) is 1.98. The van der Waals surface area contributed by atoms with Crippen molar-refractivity contribution < 1.29 is 8.91 Å². The molecule has 1 aromatic heterocycles. The molecule has 1 aromatic carbocycles. The van der Waals surface area contributed by atoms with Crippen LogP contribution in [-0.2, 0) is 6.42 Å². The molecule has 0 atom stereocenters. The van der Waals surface area contributed by atoms with Gasteiger partial charge in [0.2, 0.25) is 0 Å². The molecular weight excluding hydrogens is 231 g/mol. The van der Waals surface area contributed by atoms with E-state index in [9.17, 15) is 4.39 Å². The average molecular weight is 246 g/mol. The van der Waals surface area contributed by atoms with E-state index in [1.165, 1.54) is 31.4 Å². The lowest BCUT2D eigenvalue weighted by atomic mass is 9.81. The molecular formula is C14H15FN2O. The molecule has 4 heteroatoms. The van der Waals surface area contributed by atoms with Crippen LogP contribution < -0.4 is 5.73 Å². The molecule has 1 fully saturated rings. The van der Waals surface area contributed by atoms with Crippen molar-refractivity contribution in [3.8, 4) is 11.1 Å². The fraction of sp³-hybridized carbons (Fsp3) is 0.357. The van der Waals surface area contributed by atoms with E-state index in [-0.39, 0.29) is 5.82 Å².